The Labute approximate surface area is 94.1 Å². The summed E-state index contributed by atoms with van der Waals surface area (Å²) in [7, 11) is 0. The van der Waals surface area contributed by atoms with Crippen LogP contribution in [0, 0.1) is 6.92 Å². The van der Waals surface area contributed by atoms with E-state index in [0.717, 1.165) is 11.3 Å². The second-order valence-corrected chi connectivity index (χ2v) is 3.19. The minimum absolute atomic E-state index is 0.00694. The Hall–Kier alpha value is -2.07. The Morgan fingerprint density at radius 2 is 1.81 bits per heavy atom. The van der Waals surface area contributed by atoms with Crippen LogP contribution in [0.3, 0.4) is 0 Å². The molecule has 2 rings (SSSR count). The smallest absolute Gasteiger partial charge is 0.250 e. The average molecular weight is 217 g/mol. The molecule has 2 aromatic rings. The standard InChI is InChI=1S/C6H8N2.C6H7NO/c7-8-6-4-2-1-3-5-6;1-5-3-2-4-7-6(5)8/h1-5,8H,7H2;2-4H,1H3,(H,7,8). The summed E-state index contributed by atoms with van der Waals surface area (Å²) in [5.41, 5.74) is 4.21. The number of hydrogen-bond donors (Lipinski definition) is 3. The van der Waals surface area contributed by atoms with Crippen molar-refractivity contribution >= 4 is 5.69 Å². The summed E-state index contributed by atoms with van der Waals surface area (Å²) in [6.07, 6.45) is 1.62. The molecule has 4 heteroatoms. The van der Waals surface area contributed by atoms with E-state index in [1.54, 1.807) is 25.3 Å². The summed E-state index contributed by atoms with van der Waals surface area (Å²) in [4.78, 5) is 13.1. The van der Waals surface area contributed by atoms with Gasteiger partial charge in [-0.2, -0.15) is 0 Å². The molecule has 0 fully saturated rings. The van der Waals surface area contributed by atoms with Crippen LogP contribution in [0.1, 0.15) is 5.56 Å². The highest BCUT2D eigenvalue weighted by atomic mass is 16.1. The Kier molecular flexibility index (Phi) is 4.82. The monoisotopic (exact) mass is 217 g/mol. The number of H-pyrrole nitrogens is 1. The van der Waals surface area contributed by atoms with Gasteiger partial charge in [0, 0.05) is 17.4 Å². The second-order valence-electron chi connectivity index (χ2n) is 3.19. The van der Waals surface area contributed by atoms with Crippen molar-refractivity contribution in [2.45, 2.75) is 6.92 Å². The maximum Gasteiger partial charge on any atom is 0.250 e. The van der Waals surface area contributed by atoms with Crippen LogP contribution in [-0.4, -0.2) is 4.98 Å². The summed E-state index contributed by atoms with van der Waals surface area (Å²) in [5.74, 6) is 5.10. The zero-order valence-corrected chi connectivity index (χ0v) is 9.10. The lowest BCUT2D eigenvalue weighted by molar-refractivity contribution is 1.18. The molecule has 0 spiro atoms. The first-order chi connectivity index (χ1) is 7.74. The van der Waals surface area contributed by atoms with Crippen molar-refractivity contribution in [3.05, 3.63) is 64.6 Å². The molecule has 84 valence electrons. The van der Waals surface area contributed by atoms with Crippen LogP contribution in [0.5, 0.6) is 0 Å². The summed E-state index contributed by atoms with van der Waals surface area (Å²) in [6.45, 7) is 1.78. The highest BCUT2D eigenvalue weighted by Gasteiger charge is 1.83. The largest absolute Gasteiger partial charge is 0.329 e. The number of anilines is 1. The van der Waals surface area contributed by atoms with E-state index >= 15 is 0 Å². The Morgan fingerprint density at radius 1 is 1.12 bits per heavy atom. The normalized spacial score (nSPS) is 8.88. The van der Waals surface area contributed by atoms with E-state index < -0.39 is 0 Å². The number of aromatic nitrogens is 1. The maximum atomic E-state index is 10.6. The van der Waals surface area contributed by atoms with Crippen molar-refractivity contribution in [1.29, 1.82) is 0 Å². The molecule has 1 aromatic heterocycles. The van der Waals surface area contributed by atoms with Gasteiger partial charge in [-0.1, -0.05) is 24.3 Å². The van der Waals surface area contributed by atoms with Crippen LogP contribution in [0.2, 0.25) is 0 Å². The molecule has 1 heterocycles. The molecule has 0 atom stereocenters. The minimum atomic E-state index is -0.00694. The van der Waals surface area contributed by atoms with Gasteiger partial charge in [0.1, 0.15) is 0 Å². The maximum absolute atomic E-state index is 10.6. The fourth-order valence-electron chi connectivity index (χ4n) is 1.04. The molecule has 0 unspecified atom stereocenters. The number of para-hydroxylation sites is 1. The van der Waals surface area contributed by atoms with E-state index in [2.05, 4.69) is 10.4 Å². The molecule has 0 aliphatic heterocycles. The zero-order chi connectivity index (χ0) is 11.8. The number of nitrogens with two attached hydrogens (primary N) is 1. The quantitative estimate of drug-likeness (QED) is 0.502. The van der Waals surface area contributed by atoms with Gasteiger partial charge in [-0.3, -0.25) is 10.6 Å². The molecule has 0 bridgehead atoms. The number of benzene rings is 1. The lowest BCUT2D eigenvalue weighted by Crippen LogP contribution is -2.06. The molecule has 0 aliphatic carbocycles. The number of hydrazine groups is 1. The van der Waals surface area contributed by atoms with Crippen molar-refractivity contribution in [3.8, 4) is 0 Å². The first kappa shape index (κ1) is 12.0. The van der Waals surface area contributed by atoms with Gasteiger partial charge in [0.25, 0.3) is 5.56 Å². The number of aromatic amines is 1. The van der Waals surface area contributed by atoms with Gasteiger partial charge in [-0.25, -0.2) is 0 Å². The Morgan fingerprint density at radius 3 is 2.19 bits per heavy atom. The van der Waals surface area contributed by atoms with Gasteiger partial charge < -0.3 is 10.4 Å². The third-order valence-electron chi connectivity index (χ3n) is 1.96. The summed E-state index contributed by atoms with van der Waals surface area (Å²) in [6, 6.07) is 13.2. The van der Waals surface area contributed by atoms with Gasteiger partial charge in [0.2, 0.25) is 0 Å². The van der Waals surface area contributed by atoms with Crippen molar-refractivity contribution in [1.82, 2.24) is 4.98 Å². The van der Waals surface area contributed by atoms with Crippen LogP contribution in [0.25, 0.3) is 0 Å². The van der Waals surface area contributed by atoms with Crippen LogP contribution in [-0.2, 0) is 0 Å². The van der Waals surface area contributed by atoms with E-state index in [0.29, 0.717) is 0 Å². The lowest BCUT2D eigenvalue weighted by Gasteiger charge is -1.94. The predicted octanol–water partition coefficient (Wildman–Crippen LogP) is 1.66. The highest BCUT2D eigenvalue weighted by Crippen LogP contribution is 2.00. The fraction of sp³-hybridized carbons (Fsp3) is 0.0833. The Balaban J connectivity index is 0.000000160. The van der Waals surface area contributed by atoms with E-state index in [1.165, 1.54) is 0 Å². The molecule has 0 saturated carbocycles. The van der Waals surface area contributed by atoms with Crippen molar-refractivity contribution in [2.24, 2.45) is 5.84 Å². The van der Waals surface area contributed by atoms with Gasteiger partial charge in [-0.15, -0.1) is 0 Å². The zero-order valence-electron chi connectivity index (χ0n) is 9.10. The highest BCUT2D eigenvalue weighted by molar-refractivity contribution is 5.40. The topological polar surface area (TPSA) is 70.9 Å². The van der Waals surface area contributed by atoms with Gasteiger partial charge in [0.05, 0.1) is 0 Å². The van der Waals surface area contributed by atoms with E-state index in [9.17, 15) is 4.79 Å². The number of aryl methyl sites for hydroxylation is 1. The van der Waals surface area contributed by atoms with Crippen LogP contribution in [0.15, 0.2) is 53.5 Å². The van der Waals surface area contributed by atoms with Crippen molar-refractivity contribution in [3.63, 3.8) is 0 Å². The van der Waals surface area contributed by atoms with Gasteiger partial charge in [-0.05, 0) is 25.1 Å². The summed E-state index contributed by atoms with van der Waals surface area (Å²) in [5, 5.41) is 0. The number of pyridine rings is 1. The van der Waals surface area contributed by atoms with E-state index in [4.69, 9.17) is 5.84 Å². The molecule has 16 heavy (non-hydrogen) atoms. The first-order valence-electron chi connectivity index (χ1n) is 4.90. The SMILES string of the molecule is Cc1ccc[nH]c1=O.NNc1ccccc1. The van der Waals surface area contributed by atoms with Gasteiger partial charge >= 0.3 is 0 Å². The number of rotatable bonds is 1. The molecule has 0 aliphatic rings. The second kappa shape index (κ2) is 6.42. The third kappa shape index (κ3) is 3.98. The third-order valence-corrected chi connectivity index (χ3v) is 1.96. The molecular weight excluding hydrogens is 202 g/mol. The molecular formula is C12H15N3O. The average Bonchev–Trinajstić information content (AvgIpc) is 2.35. The molecule has 0 saturated heterocycles. The number of hydrogen-bond acceptors (Lipinski definition) is 3. The van der Waals surface area contributed by atoms with E-state index in [-0.39, 0.29) is 5.56 Å². The fourth-order valence-corrected chi connectivity index (χ4v) is 1.04. The first-order valence-corrected chi connectivity index (χ1v) is 4.90. The van der Waals surface area contributed by atoms with Crippen molar-refractivity contribution < 1.29 is 0 Å². The lowest BCUT2D eigenvalue weighted by atomic mass is 10.3. The summed E-state index contributed by atoms with van der Waals surface area (Å²) >= 11 is 0. The van der Waals surface area contributed by atoms with Gasteiger partial charge in [0.15, 0.2) is 0 Å². The summed E-state index contributed by atoms with van der Waals surface area (Å²) < 4.78 is 0. The van der Waals surface area contributed by atoms with Crippen LogP contribution in [0.4, 0.5) is 5.69 Å². The Bertz CT molecular complexity index is 465. The minimum Gasteiger partial charge on any atom is -0.329 e. The molecule has 1 aromatic carbocycles. The molecule has 0 amide bonds. The molecule has 4 nitrogen and oxygen atoms in total. The van der Waals surface area contributed by atoms with Crippen LogP contribution >= 0.6 is 0 Å². The number of nitrogens with one attached hydrogen (secondary N) is 2. The van der Waals surface area contributed by atoms with E-state index in [1.807, 2.05) is 30.3 Å². The molecule has 4 N–H and O–H groups in total. The predicted molar refractivity (Wildman–Crippen MR) is 66.1 cm³/mol. The number of nitrogen functional groups attached to an aromatic ring is 1. The molecule has 0 radical (unpaired) electrons. The van der Waals surface area contributed by atoms with Crippen LogP contribution < -0.4 is 16.8 Å². The van der Waals surface area contributed by atoms with Crippen molar-refractivity contribution in [2.75, 3.05) is 5.43 Å².